The topological polar surface area (TPSA) is 26.3 Å². The molecule has 2 heteroatoms. The molecule has 196 valence electrons. The van der Waals surface area contributed by atoms with Crippen molar-refractivity contribution in [2.45, 2.75) is 0 Å². The van der Waals surface area contributed by atoms with Crippen LogP contribution in [0.2, 0.25) is 0 Å². The second kappa shape index (κ2) is 8.95. The quantitative estimate of drug-likeness (QED) is 0.207. The predicted molar refractivity (Wildman–Crippen MR) is 175 cm³/mol. The lowest BCUT2D eigenvalue weighted by atomic mass is 9.85. The summed E-state index contributed by atoms with van der Waals surface area (Å²) in [5.41, 5.74) is 5.57. The highest BCUT2D eigenvalue weighted by Gasteiger charge is 2.19. The molecule has 2 heterocycles. The lowest BCUT2D eigenvalue weighted by Gasteiger charge is -2.18. The lowest BCUT2D eigenvalue weighted by molar-refractivity contribution is 0.618. The van der Waals surface area contributed by atoms with Crippen molar-refractivity contribution in [1.82, 2.24) is 0 Å². The average Bonchev–Trinajstić information content (AvgIpc) is 3.78. The number of hydrogen-bond acceptors (Lipinski definition) is 2. The van der Waals surface area contributed by atoms with E-state index in [4.69, 9.17) is 19.8 Å². The van der Waals surface area contributed by atoms with E-state index in [1.807, 2.05) is 66.7 Å². The summed E-state index contributed by atoms with van der Waals surface area (Å²) in [5.74, 6) is 0. The Morgan fingerprint density at radius 1 is 0.476 bits per heavy atom. The Bertz CT molecular complexity index is 2810. The van der Waals surface area contributed by atoms with Crippen LogP contribution in [0.4, 0.5) is 0 Å². The molecule has 0 atom stereocenters. The van der Waals surface area contributed by atoms with Gasteiger partial charge in [0.05, 0.1) is 22.6 Å². The number of furan rings is 2. The fourth-order valence-electron chi connectivity index (χ4n) is 6.19. The van der Waals surface area contributed by atoms with Gasteiger partial charge < -0.3 is 8.83 Å². The first-order valence-corrected chi connectivity index (χ1v) is 13.6. The fourth-order valence-corrected chi connectivity index (χ4v) is 6.19. The Morgan fingerprint density at radius 2 is 1.05 bits per heavy atom. The van der Waals surface area contributed by atoms with Gasteiger partial charge in [0.1, 0.15) is 16.7 Å². The van der Waals surface area contributed by atoms with Crippen LogP contribution >= 0.6 is 0 Å². The van der Waals surface area contributed by atoms with Gasteiger partial charge >= 0.3 is 0 Å². The highest BCUT2D eigenvalue weighted by Crippen LogP contribution is 2.45. The minimum Gasteiger partial charge on any atom is -0.464 e. The van der Waals surface area contributed by atoms with Gasteiger partial charge in [-0.1, -0.05) is 121 Å². The summed E-state index contributed by atoms with van der Waals surface area (Å²) < 4.78 is 83.1. The molecule has 2 aromatic heterocycles. The van der Waals surface area contributed by atoms with Gasteiger partial charge in [-0.3, -0.25) is 0 Å². The van der Waals surface area contributed by atoms with Crippen molar-refractivity contribution in [2.75, 3.05) is 0 Å². The van der Waals surface area contributed by atoms with Gasteiger partial charge in [0.25, 0.3) is 0 Å². The Morgan fingerprint density at radius 3 is 1.71 bits per heavy atom. The Hall–Kier alpha value is -5.60. The molecule has 2 nitrogen and oxygen atoms in total. The smallest absolute Gasteiger partial charge is 0.146 e. The van der Waals surface area contributed by atoms with E-state index in [9.17, 15) is 0 Å². The summed E-state index contributed by atoms with van der Waals surface area (Å²) in [6.07, 6.45) is 1.65. The minimum absolute atomic E-state index is 0.182. The molecule has 42 heavy (non-hydrogen) atoms. The van der Waals surface area contributed by atoms with E-state index in [-0.39, 0.29) is 45.7 Å². The third-order valence-electron chi connectivity index (χ3n) is 8.00. The zero-order valence-electron chi connectivity index (χ0n) is 30.1. The maximum absolute atomic E-state index is 9.14. The molecule has 0 saturated heterocycles. The Balaban J connectivity index is 1.38. The number of hydrogen-bond donors (Lipinski definition) is 0. The van der Waals surface area contributed by atoms with Crippen molar-refractivity contribution in [2.24, 2.45) is 0 Å². The number of fused-ring (bicyclic) bond motifs is 7. The zero-order valence-corrected chi connectivity index (χ0v) is 22.1. The van der Waals surface area contributed by atoms with Gasteiger partial charge in [-0.25, -0.2) is 0 Å². The molecule has 9 aromatic rings. The van der Waals surface area contributed by atoms with Crippen molar-refractivity contribution >= 4 is 54.5 Å². The van der Waals surface area contributed by atoms with E-state index < -0.39 is 24.2 Å². The van der Waals surface area contributed by atoms with Gasteiger partial charge in [-0.2, -0.15) is 0 Å². The molecule has 0 saturated carbocycles. The molecule has 0 aliphatic rings. The first-order valence-electron chi connectivity index (χ1n) is 17.6. The maximum atomic E-state index is 9.14. The molecule has 0 radical (unpaired) electrons. The number of benzene rings is 7. The maximum Gasteiger partial charge on any atom is 0.146 e. The first-order chi connectivity index (χ1) is 24.2. The van der Waals surface area contributed by atoms with Crippen molar-refractivity contribution in [3.8, 4) is 33.4 Å². The average molecular weight is 545 g/mol. The molecule has 0 spiro atoms. The highest BCUT2D eigenvalue weighted by molar-refractivity contribution is 6.22. The molecule has 7 aromatic carbocycles. The van der Waals surface area contributed by atoms with Crippen LogP contribution in [0.3, 0.4) is 0 Å². The van der Waals surface area contributed by atoms with E-state index in [0.717, 1.165) is 32.9 Å². The van der Waals surface area contributed by atoms with Crippen LogP contribution in [-0.2, 0) is 0 Å². The van der Waals surface area contributed by atoms with Crippen LogP contribution in [0.5, 0.6) is 0 Å². The van der Waals surface area contributed by atoms with E-state index in [0.29, 0.717) is 33.4 Å². The molecule has 9 rings (SSSR count). The number of para-hydroxylation sites is 1. The summed E-state index contributed by atoms with van der Waals surface area (Å²) in [4.78, 5) is 0. The van der Waals surface area contributed by atoms with Crippen LogP contribution in [0, 0.1) is 0 Å². The van der Waals surface area contributed by atoms with Gasteiger partial charge in [0, 0.05) is 10.8 Å². The summed E-state index contributed by atoms with van der Waals surface area (Å²) in [6.45, 7) is 0. The second-order valence-corrected chi connectivity index (χ2v) is 10.3. The Labute approximate surface area is 253 Å². The van der Waals surface area contributed by atoms with E-state index >= 15 is 0 Å². The summed E-state index contributed by atoms with van der Waals surface area (Å²) >= 11 is 0. The molecule has 0 amide bonds. The van der Waals surface area contributed by atoms with E-state index in [1.54, 1.807) is 30.5 Å². The normalized spacial score (nSPS) is 14.5. The minimum atomic E-state index is -0.430. The largest absolute Gasteiger partial charge is 0.464 e. The monoisotopic (exact) mass is 544 g/mol. The van der Waals surface area contributed by atoms with E-state index in [2.05, 4.69) is 0 Å². The highest BCUT2D eigenvalue weighted by atomic mass is 16.3. The second-order valence-electron chi connectivity index (χ2n) is 10.3. The molecule has 0 bridgehead atoms. The lowest BCUT2D eigenvalue weighted by Crippen LogP contribution is -1.90. The van der Waals surface area contributed by atoms with Crippen molar-refractivity contribution in [3.63, 3.8) is 0 Å². The van der Waals surface area contributed by atoms with Crippen LogP contribution in [0.1, 0.15) is 11.0 Å². The first kappa shape index (κ1) is 16.6. The standard InChI is InChI=1S/C40H24O2/c1-2-10-26(11-3-1)37-28-12-4-6-14-30(28)38(31-15-7-5-13-29(31)37)27-20-18-25(19-21-27)34-24-36-39(40-32(34)22-23-41-40)33-16-8-9-17-35(33)42-36/h1-24H/i4D,5D,6D,7D,12D,13D,14D,15D. The summed E-state index contributed by atoms with van der Waals surface area (Å²) in [7, 11) is 0. The molecular weight excluding hydrogens is 512 g/mol. The van der Waals surface area contributed by atoms with Gasteiger partial charge in [0.15, 0.2) is 0 Å². The van der Waals surface area contributed by atoms with Crippen molar-refractivity contribution in [3.05, 3.63) is 146 Å². The van der Waals surface area contributed by atoms with Crippen LogP contribution in [0.15, 0.2) is 154 Å². The van der Waals surface area contributed by atoms with Crippen molar-refractivity contribution in [1.29, 1.82) is 0 Å². The van der Waals surface area contributed by atoms with Crippen LogP contribution < -0.4 is 0 Å². The summed E-state index contributed by atoms with van der Waals surface area (Å²) in [5, 5.41) is 3.48. The number of rotatable bonds is 3. The Kier molecular flexibility index (Phi) is 3.54. The van der Waals surface area contributed by atoms with Crippen LogP contribution in [-0.4, -0.2) is 0 Å². The van der Waals surface area contributed by atoms with Crippen LogP contribution in [0.25, 0.3) is 87.8 Å². The fraction of sp³-hybridized carbons (Fsp3) is 0. The predicted octanol–water partition coefficient (Wildman–Crippen LogP) is 11.6. The van der Waals surface area contributed by atoms with Gasteiger partial charge in [0.2, 0.25) is 0 Å². The molecular formula is C40H24O2. The molecule has 0 unspecified atom stereocenters. The van der Waals surface area contributed by atoms with E-state index in [1.165, 1.54) is 0 Å². The molecule has 0 aliphatic heterocycles. The molecule has 0 fully saturated rings. The van der Waals surface area contributed by atoms with Gasteiger partial charge in [-0.15, -0.1) is 0 Å². The molecule has 0 N–H and O–H groups in total. The van der Waals surface area contributed by atoms with Gasteiger partial charge in [-0.05, 0) is 73.1 Å². The third-order valence-corrected chi connectivity index (χ3v) is 8.00. The SMILES string of the molecule is [2H]c1c([2H])c([2H])c2c(-c3ccc(-c4cc5oc6ccccc6c5c5occc45)cc3)c3c([2H])c([2H])c([2H])c([2H])c3c(-c3ccccc3)c2c1[2H]. The zero-order chi connectivity index (χ0) is 34.6. The summed E-state index contributed by atoms with van der Waals surface area (Å²) in [6, 6.07) is 25.2. The van der Waals surface area contributed by atoms with Crippen molar-refractivity contribution < 1.29 is 19.8 Å². The molecule has 0 aliphatic carbocycles. The third kappa shape index (κ3) is 3.33.